The van der Waals surface area contributed by atoms with Crippen LogP contribution in [-0.2, 0) is 13.6 Å². The average molecular weight is 367 g/mol. The van der Waals surface area contributed by atoms with Crippen molar-refractivity contribution in [2.45, 2.75) is 6.54 Å². The lowest BCUT2D eigenvalue weighted by Gasteiger charge is -2.03. The van der Waals surface area contributed by atoms with Gasteiger partial charge in [-0.05, 0) is 30.5 Å². The van der Waals surface area contributed by atoms with E-state index in [0.29, 0.717) is 15.5 Å². The van der Waals surface area contributed by atoms with Crippen molar-refractivity contribution in [1.82, 2.24) is 14.3 Å². The van der Waals surface area contributed by atoms with Gasteiger partial charge in [-0.1, -0.05) is 22.9 Å². The molecule has 1 amide bonds. The maximum Gasteiger partial charge on any atom is 0.297 e. The molecule has 0 aliphatic rings. The number of halogens is 1. The summed E-state index contributed by atoms with van der Waals surface area (Å²) in [5.74, 6) is 0.655. The molecule has 0 spiro atoms. The Kier molecular flexibility index (Phi) is 4.89. The summed E-state index contributed by atoms with van der Waals surface area (Å²) in [5.41, 5.74) is 1.52. The summed E-state index contributed by atoms with van der Waals surface area (Å²) in [7, 11) is 1.73. The maximum atomic E-state index is 12.4. The van der Waals surface area contributed by atoms with Gasteiger partial charge in [-0.15, -0.1) is 0 Å². The van der Waals surface area contributed by atoms with Gasteiger partial charge in [0.25, 0.3) is 5.91 Å². The largest absolute Gasteiger partial charge is 0.316 e. The molecule has 23 heavy (non-hydrogen) atoms. The first-order valence-electron chi connectivity index (χ1n) is 6.95. The van der Waals surface area contributed by atoms with Gasteiger partial charge < -0.3 is 4.57 Å². The maximum absolute atomic E-state index is 12.4. The summed E-state index contributed by atoms with van der Waals surface area (Å²) < 4.78 is 4.62. The highest BCUT2D eigenvalue weighted by atomic mass is 35.5. The van der Waals surface area contributed by atoms with Gasteiger partial charge in [0, 0.05) is 30.6 Å². The van der Waals surface area contributed by atoms with Crippen LogP contribution in [-0.4, -0.2) is 32.3 Å². The Labute approximate surface area is 146 Å². The van der Waals surface area contributed by atoms with Crippen LogP contribution in [0.15, 0.2) is 35.5 Å². The number of nitrogens with zero attached hydrogens (tertiary/aromatic N) is 4. The third-order valence-electron chi connectivity index (χ3n) is 3.40. The van der Waals surface area contributed by atoms with Crippen molar-refractivity contribution < 1.29 is 4.79 Å². The predicted molar refractivity (Wildman–Crippen MR) is 96.3 cm³/mol. The molecular formula is C15H15ClN4OS2. The molecule has 2 heterocycles. The molecule has 5 nitrogen and oxygen atoms in total. The molecule has 0 aliphatic heterocycles. The van der Waals surface area contributed by atoms with E-state index in [1.807, 2.05) is 18.2 Å². The molecule has 0 bridgehead atoms. The normalized spacial score (nSPS) is 12.2. The van der Waals surface area contributed by atoms with E-state index in [9.17, 15) is 4.79 Å². The minimum atomic E-state index is -0.291. The monoisotopic (exact) mass is 366 g/mol. The third kappa shape index (κ3) is 3.36. The summed E-state index contributed by atoms with van der Waals surface area (Å²) in [5, 5.41) is 4.70. The van der Waals surface area contributed by atoms with Crippen LogP contribution < -0.4 is 4.80 Å². The van der Waals surface area contributed by atoms with Crippen molar-refractivity contribution >= 4 is 50.8 Å². The zero-order chi connectivity index (χ0) is 16.4. The van der Waals surface area contributed by atoms with Crippen LogP contribution in [0.4, 0.5) is 0 Å². The SMILES string of the molecule is CSCCn1c(=NC(=O)c2ccnn2C)sc2cc(Cl)ccc21. The topological polar surface area (TPSA) is 52.2 Å². The van der Waals surface area contributed by atoms with E-state index in [-0.39, 0.29) is 5.91 Å². The van der Waals surface area contributed by atoms with Gasteiger partial charge in [0.05, 0.1) is 10.2 Å². The second kappa shape index (κ2) is 6.90. The third-order valence-corrected chi connectivity index (χ3v) is 5.27. The Morgan fingerprint density at radius 3 is 2.96 bits per heavy atom. The highest BCUT2D eigenvalue weighted by molar-refractivity contribution is 7.98. The van der Waals surface area contributed by atoms with Gasteiger partial charge in [0.1, 0.15) is 5.69 Å². The van der Waals surface area contributed by atoms with Crippen LogP contribution in [0.5, 0.6) is 0 Å². The fraction of sp³-hybridized carbons (Fsp3) is 0.267. The van der Waals surface area contributed by atoms with Crippen LogP contribution in [0.1, 0.15) is 10.5 Å². The quantitative estimate of drug-likeness (QED) is 0.712. The van der Waals surface area contributed by atoms with Crippen molar-refractivity contribution in [3.05, 3.63) is 46.0 Å². The number of thioether (sulfide) groups is 1. The lowest BCUT2D eigenvalue weighted by molar-refractivity contribution is 0.0989. The number of thiazole rings is 1. The predicted octanol–water partition coefficient (Wildman–Crippen LogP) is 3.19. The van der Waals surface area contributed by atoms with Gasteiger partial charge in [0.15, 0.2) is 4.80 Å². The molecule has 0 fully saturated rings. The smallest absolute Gasteiger partial charge is 0.297 e. The van der Waals surface area contributed by atoms with E-state index >= 15 is 0 Å². The number of rotatable bonds is 4. The molecule has 0 aliphatic carbocycles. The van der Waals surface area contributed by atoms with E-state index in [2.05, 4.69) is 20.9 Å². The van der Waals surface area contributed by atoms with E-state index in [4.69, 9.17) is 11.6 Å². The number of amides is 1. The number of hydrogen-bond acceptors (Lipinski definition) is 4. The molecule has 0 saturated carbocycles. The summed E-state index contributed by atoms with van der Waals surface area (Å²) in [6.45, 7) is 0.792. The number of benzene rings is 1. The van der Waals surface area contributed by atoms with Crippen molar-refractivity contribution in [3.63, 3.8) is 0 Å². The molecule has 3 rings (SSSR count). The Hall–Kier alpha value is -1.57. The van der Waals surface area contributed by atoms with Crippen molar-refractivity contribution in [2.24, 2.45) is 12.0 Å². The van der Waals surface area contributed by atoms with Gasteiger partial charge in [-0.3, -0.25) is 9.48 Å². The van der Waals surface area contributed by atoms with E-state index < -0.39 is 0 Å². The van der Waals surface area contributed by atoms with Gasteiger partial charge >= 0.3 is 0 Å². The zero-order valence-corrected chi connectivity index (χ0v) is 15.1. The Morgan fingerprint density at radius 2 is 2.26 bits per heavy atom. The first kappa shape index (κ1) is 16.3. The van der Waals surface area contributed by atoms with Gasteiger partial charge in [-0.25, -0.2) is 0 Å². The summed E-state index contributed by atoms with van der Waals surface area (Å²) in [4.78, 5) is 17.4. The fourth-order valence-corrected chi connectivity index (χ4v) is 3.95. The number of aryl methyl sites for hydroxylation is 2. The van der Waals surface area contributed by atoms with Crippen LogP contribution >= 0.6 is 34.7 Å². The first-order chi connectivity index (χ1) is 11.1. The molecule has 3 aromatic rings. The van der Waals surface area contributed by atoms with Crippen LogP contribution in [0.2, 0.25) is 5.02 Å². The van der Waals surface area contributed by atoms with Gasteiger partial charge in [-0.2, -0.15) is 21.9 Å². The zero-order valence-electron chi connectivity index (χ0n) is 12.7. The Bertz CT molecular complexity index is 925. The Balaban J connectivity index is 2.13. The average Bonchev–Trinajstić information content (AvgIpc) is 3.08. The van der Waals surface area contributed by atoms with Crippen molar-refractivity contribution in [1.29, 1.82) is 0 Å². The Morgan fingerprint density at radius 1 is 1.43 bits per heavy atom. The molecule has 0 unspecified atom stereocenters. The second-order valence-corrected chi connectivity index (χ2v) is 7.33. The molecule has 0 saturated heterocycles. The highest BCUT2D eigenvalue weighted by Crippen LogP contribution is 2.22. The van der Waals surface area contributed by atoms with E-state index in [0.717, 1.165) is 22.5 Å². The van der Waals surface area contributed by atoms with Crippen LogP contribution in [0, 0.1) is 0 Å². The summed E-state index contributed by atoms with van der Waals surface area (Å²) in [6, 6.07) is 7.41. The highest BCUT2D eigenvalue weighted by Gasteiger charge is 2.11. The molecule has 0 N–H and O–H groups in total. The molecule has 8 heteroatoms. The molecular weight excluding hydrogens is 352 g/mol. The lowest BCUT2D eigenvalue weighted by Crippen LogP contribution is -2.19. The molecule has 120 valence electrons. The number of aromatic nitrogens is 3. The molecule has 2 aromatic heterocycles. The number of hydrogen-bond donors (Lipinski definition) is 0. The fourth-order valence-electron chi connectivity index (χ4n) is 2.26. The van der Waals surface area contributed by atoms with Crippen molar-refractivity contribution in [3.8, 4) is 0 Å². The molecule has 0 atom stereocenters. The molecule has 1 aromatic carbocycles. The summed E-state index contributed by atoms with van der Waals surface area (Å²) >= 11 is 9.30. The number of carbonyl (C=O) groups excluding carboxylic acids is 1. The first-order valence-corrected chi connectivity index (χ1v) is 9.54. The lowest BCUT2D eigenvalue weighted by atomic mass is 10.3. The van der Waals surface area contributed by atoms with Gasteiger partial charge in [0.2, 0.25) is 0 Å². The minimum absolute atomic E-state index is 0.291. The standard InChI is InChI=1S/C15H15ClN4OS2/c1-19-12(5-6-17-19)14(21)18-15-20(7-8-22-2)11-4-3-10(16)9-13(11)23-15/h3-6,9H,7-8H2,1-2H3. The molecule has 0 radical (unpaired) electrons. The van der Waals surface area contributed by atoms with Crippen molar-refractivity contribution in [2.75, 3.05) is 12.0 Å². The van der Waals surface area contributed by atoms with E-state index in [1.54, 1.807) is 31.1 Å². The number of fused-ring (bicyclic) bond motifs is 1. The summed E-state index contributed by atoms with van der Waals surface area (Å²) in [6.07, 6.45) is 3.65. The second-order valence-electron chi connectivity index (χ2n) is 4.90. The van der Waals surface area contributed by atoms with Crippen LogP contribution in [0.25, 0.3) is 10.2 Å². The minimum Gasteiger partial charge on any atom is -0.316 e. The van der Waals surface area contributed by atoms with Crippen LogP contribution in [0.3, 0.4) is 0 Å². The van der Waals surface area contributed by atoms with E-state index in [1.165, 1.54) is 16.0 Å². The number of carbonyl (C=O) groups is 1.